The van der Waals surface area contributed by atoms with E-state index in [-0.39, 0.29) is 17.1 Å². The zero-order valence-corrected chi connectivity index (χ0v) is 25.0. The van der Waals surface area contributed by atoms with Crippen molar-refractivity contribution in [2.24, 2.45) is 5.92 Å². The second-order valence-corrected chi connectivity index (χ2v) is 12.0. The van der Waals surface area contributed by atoms with Gasteiger partial charge in [-0.1, -0.05) is 37.6 Å². The average Bonchev–Trinajstić information content (AvgIpc) is 2.78. The lowest BCUT2D eigenvalue weighted by Gasteiger charge is -2.28. The lowest BCUT2D eigenvalue weighted by molar-refractivity contribution is -0.140. The van der Waals surface area contributed by atoms with Crippen molar-refractivity contribution in [3.8, 4) is 11.5 Å². The number of phenolic OH excluding ortho intramolecular Hbond substituents is 1. The molecule has 2 amide bonds. The summed E-state index contributed by atoms with van der Waals surface area (Å²) >= 11 is 6.37. The van der Waals surface area contributed by atoms with Crippen LogP contribution < -0.4 is 4.74 Å². The number of aromatic hydroxyl groups is 1. The van der Waals surface area contributed by atoms with E-state index < -0.39 is 70.5 Å². The molecule has 2 aromatic rings. The van der Waals surface area contributed by atoms with Crippen LogP contribution in [0.15, 0.2) is 30.3 Å². The van der Waals surface area contributed by atoms with Crippen LogP contribution in [0.1, 0.15) is 82.4 Å². The molecule has 0 fully saturated rings. The Labute approximate surface area is 242 Å². The fourth-order valence-corrected chi connectivity index (χ4v) is 3.72. The molecule has 0 aliphatic carbocycles. The third-order valence-corrected chi connectivity index (χ3v) is 5.63. The molecule has 12 heteroatoms. The molecule has 0 aliphatic rings. The van der Waals surface area contributed by atoms with Crippen LogP contribution in [0.5, 0.6) is 11.5 Å². The number of ketones is 1. The van der Waals surface area contributed by atoms with Gasteiger partial charge in [0, 0.05) is 16.5 Å². The van der Waals surface area contributed by atoms with Crippen molar-refractivity contribution in [2.75, 3.05) is 0 Å². The maximum Gasteiger partial charge on any atom is 0.423 e. The first-order chi connectivity index (χ1) is 18.6. The topological polar surface area (TPSA) is 102 Å². The van der Waals surface area contributed by atoms with Crippen molar-refractivity contribution in [1.82, 2.24) is 4.90 Å². The maximum absolute atomic E-state index is 13.8. The summed E-state index contributed by atoms with van der Waals surface area (Å²) in [5, 5.41) is 10.4. The Balaban J connectivity index is 2.32. The summed E-state index contributed by atoms with van der Waals surface area (Å²) in [5.74, 6) is -3.17. The number of halogens is 4. The number of carbonyl (C=O) groups excluding carboxylic acids is 3. The largest absolute Gasteiger partial charge is 0.506 e. The summed E-state index contributed by atoms with van der Waals surface area (Å²) in [5.41, 5.74) is -3.02. The molecule has 2 aromatic carbocycles. The van der Waals surface area contributed by atoms with Gasteiger partial charge >= 0.3 is 18.4 Å². The summed E-state index contributed by atoms with van der Waals surface area (Å²) in [4.78, 5) is 38.6. The second kappa shape index (κ2) is 12.6. The van der Waals surface area contributed by atoms with Crippen LogP contribution in [0.25, 0.3) is 0 Å². The second-order valence-electron chi connectivity index (χ2n) is 11.6. The van der Waals surface area contributed by atoms with E-state index in [9.17, 15) is 32.7 Å². The van der Waals surface area contributed by atoms with Crippen molar-refractivity contribution in [3.63, 3.8) is 0 Å². The fourth-order valence-electron chi connectivity index (χ4n) is 3.46. The lowest BCUT2D eigenvalue weighted by Crippen LogP contribution is -2.43. The number of hydrogen-bond donors (Lipinski definition) is 1. The van der Waals surface area contributed by atoms with Crippen molar-refractivity contribution >= 4 is 29.6 Å². The van der Waals surface area contributed by atoms with Crippen LogP contribution in [0.4, 0.5) is 22.8 Å². The van der Waals surface area contributed by atoms with E-state index >= 15 is 0 Å². The summed E-state index contributed by atoms with van der Waals surface area (Å²) in [7, 11) is 0. The molecule has 0 heterocycles. The Morgan fingerprint density at radius 2 is 1.46 bits per heavy atom. The molecule has 0 aromatic heterocycles. The number of ether oxygens (including phenoxy) is 3. The Morgan fingerprint density at radius 1 is 0.927 bits per heavy atom. The molecule has 0 radical (unpaired) electrons. The van der Waals surface area contributed by atoms with Crippen LogP contribution in [0, 0.1) is 5.92 Å². The molecule has 0 bridgehead atoms. The molecule has 0 spiro atoms. The Hall–Kier alpha value is -3.47. The summed E-state index contributed by atoms with van der Waals surface area (Å²) < 4.78 is 57.5. The predicted molar refractivity (Wildman–Crippen MR) is 146 cm³/mol. The molecular formula is C29H35ClF3NO7. The molecule has 0 saturated carbocycles. The standard InChI is InChI=1S/C29H35ClF3NO7/c1-16(2)23(35)19-11-12-21(22(24(19)36)29(31,32)33)39-15-18-10-9-17(13-20(18)30)14-34(25(37)40-27(3,4)5)26(38)41-28(6,7)8/h9-13,16,36H,14-15H2,1-8H3. The molecule has 0 unspecified atom stereocenters. The number of benzene rings is 2. The smallest absolute Gasteiger partial charge is 0.423 e. The first-order valence-electron chi connectivity index (χ1n) is 12.7. The fraction of sp³-hybridized carbons (Fsp3) is 0.483. The average molecular weight is 602 g/mol. The van der Waals surface area contributed by atoms with Crippen LogP contribution >= 0.6 is 11.6 Å². The zero-order valence-electron chi connectivity index (χ0n) is 24.2. The van der Waals surface area contributed by atoms with Gasteiger partial charge in [-0.05, 0) is 65.3 Å². The van der Waals surface area contributed by atoms with Gasteiger partial charge in [0.25, 0.3) is 0 Å². The maximum atomic E-state index is 13.8. The molecule has 0 aliphatic heterocycles. The molecular weight excluding hydrogens is 567 g/mol. The molecule has 0 saturated heterocycles. The Kier molecular flexibility index (Phi) is 10.4. The van der Waals surface area contributed by atoms with Gasteiger partial charge in [-0.25, -0.2) is 14.5 Å². The number of amides is 2. The number of Topliss-reactive ketones (excluding diaryl/α,β-unsaturated/α-hetero) is 1. The van der Waals surface area contributed by atoms with Gasteiger partial charge in [0.1, 0.15) is 34.9 Å². The van der Waals surface area contributed by atoms with Gasteiger partial charge in [0.2, 0.25) is 0 Å². The Bertz CT molecular complexity index is 1270. The highest BCUT2D eigenvalue weighted by molar-refractivity contribution is 6.31. The minimum Gasteiger partial charge on any atom is -0.506 e. The van der Waals surface area contributed by atoms with Gasteiger partial charge in [-0.15, -0.1) is 0 Å². The van der Waals surface area contributed by atoms with E-state index in [1.165, 1.54) is 32.0 Å². The van der Waals surface area contributed by atoms with Crippen LogP contribution in [0.2, 0.25) is 5.02 Å². The summed E-state index contributed by atoms with van der Waals surface area (Å²) in [6.07, 6.45) is -6.88. The summed E-state index contributed by atoms with van der Waals surface area (Å²) in [6, 6.07) is 6.45. The first-order valence-corrected chi connectivity index (χ1v) is 13.1. The number of phenols is 1. The highest BCUT2D eigenvalue weighted by atomic mass is 35.5. The van der Waals surface area contributed by atoms with Crippen molar-refractivity contribution in [2.45, 2.75) is 85.9 Å². The first kappa shape index (κ1) is 33.7. The third kappa shape index (κ3) is 9.55. The number of alkyl halides is 3. The van der Waals surface area contributed by atoms with E-state index in [1.807, 2.05) is 0 Å². The quantitative estimate of drug-likeness (QED) is 0.319. The summed E-state index contributed by atoms with van der Waals surface area (Å²) in [6.45, 7) is 12.2. The van der Waals surface area contributed by atoms with Crippen molar-refractivity contribution in [3.05, 3.63) is 57.6 Å². The lowest BCUT2D eigenvalue weighted by atomic mass is 9.97. The normalized spacial score (nSPS) is 12.2. The van der Waals surface area contributed by atoms with Gasteiger partial charge in [0.15, 0.2) is 5.78 Å². The van der Waals surface area contributed by atoms with Crippen LogP contribution in [-0.2, 0) is 28.8 Å². The highest BCUT2D eigenvalue weighted by Crippen LogP contribution is 2.44. The van der Waals surface area contributed by atoms with Gasteiger partial charge in [0.05, 0.1) is 12.1 Å². The van der Waals surface area contributed by atoms with Crippen LogP contribution in [0.3, 0.4) is 0 Å². The van der Waals surface area contributed by atoms with Gasteiger partial charge in [-0.3, -0.25) is 4.79 Å². The third-order valence-electron chi connectivity index (χ3n) is 5.28. The van der Waals surface area contributed by atoms with E-state index in [0.29, 0.717) is 5.56 Å². The number of imide groups is 1. The molecule has 2 rings (SSSR count). The monoisotopic (exact) mass is 601 g/mol. The van der Waals surface area contributed by atoms with E-state index in [1.54, 1.807) is 41.5 Å². The predicted octanol–water partition coefficient (Wildman–Crippen LogP) is 8.15. The number of hydrogen-bond acceptors (Lipinski definition) is 7. The molecule has 226 valence electrons. The van der Waals surface area contributed by atoms with E-state index in [4.69, 9.17) is 25.8 Å². The van der Waals surface area contributed by atoms with Crippen molar-refractivity contribution < 1.29 is 46.9 Å². The number of nitrogens with zero attached hydrogens (tertiary/aromatic N) is 1. The molecule has 0 atom stereocenters. The molecule has 41 heavy (non-hydrogen) atoms. The van der Waals surface area contributed by atoms with E-state index in [2.05, 4.69) is 0 Å². The van der Waals surface area contributed by atoms with Crippen molar-refractivity contribution in [1.29, 1.82) is 0 Å². The zero-order chi connectivity index (χ0) is 31.5. The number of carbonyl (C=O) groups is 3. The van der Waals surface area contributed by atoms with Gasteiger partial charge in [-0.2, -0.15) is 13.2 Å². The minimum atomic E-state index is -5.01. The van der Waals surface area contributed by atoms with E-state index in [0.717, 1.165) is 17.0 Å². The minimum absolute atomic E-state index is 0.0835. The van der Waals surface area contributed by atoms with Gasteiger partial charge < -0.3 is 19.3 Å². The highest BCUT2D eigenvalue weighted by Gasteiger charge is 2.40. The SMILES string of the molecule is CC(C)C(=O)c1ccc(OCc2ccc(CN(C(=O)OC(C)(C)C)C(=O)OC(C)(C)C)cc2Cl)c(C(F)(F)F)c1O. The van der Waals surface area contributed by atoms with Crippen LogP contribution in [-0.4, -0.2) is 39.2 Å². The number of rotatable bonds is 7. The molecule has 8 nitrogen and oxygen atoms in total. The Morgan fingerprint density at radius 3 is 1.90 bits per heavy atom. The molecule has 1 N–H and O–H groups in total.